The molecule has 0 fully saturated rings. The molecule has 0 aliphatic heterocycles. The van der Waals surface area contributed by atoms with E-state index in [2.05, 4.69) is 5.32 Å². The number of hydrogen-bond donors (Lipinski definition) is 1. The van der Waals surface area contributed by atoms with Crippen molar-refractivity contribution in [2.75, 3.05) is 14.2 Å². The number of ether oxygens (including phenoxy) is 3. The zero-order valence-corrected chi connectivity index (χ0v) is 17.3. The van der Waals surface area contributed by atoms with Crippen molar-refractivity contribution in [1.82, 2.24) is 5.32 Å². The van der Waals surface area contributed by atoms with Gasteiger partial charge >= 0.3 is 0 Å². The smallest absolute Gasteiger partial charge is 0.287 e. The Balaban J connectivity index is 1.57. The van der Waals surface area contributed by atoms with Crippen LogP contribution in [0.5, 0.6) is 17.2 Å². The summed E-state index contributed by atoms with van der Waals surface area (Å²) in [4.78, 5) is 12.3. The third-order valence-electron chi connectivity index (χ3n) is 4.07. The first-order valence-corrected chi connectivity index (χ1v) is 9.42. The second kappa shape index (κ2) is 9.58. The fourth-order valence-electron chi connectivity index (χ4n) is 2.58. The van der Waals surface area contributed by atoms with Gasteiger partial charge in [0.2, 0.25) is 0 Å². The average molecular weight is 436 g/mol. The first-order chi connectivity index (χ1) is 14.0. The van der Waals surface area contributed by atoms with Gasteiger partial charge in [0.1, 0.15) is 23.1 Å². The molecule has 0 aliphatic rings. The van der Waals surface area contributed by atoms with Crippen LogP contribution in [-0.4, -0.2) is 20.1 Å². The number of halogens is 2. The van der Waals surface area contributed by atoms with Crippen LogP contribution in [0.2, 0.25) is 10.0 Å². The highest BCUT2D eigenvalue weighted by Crippen LogP contribution is 2.32. The van der Waals surface area contributed by atoms with Gasteiger partial charge in [0.25, 0.3) is 5.91 Å². The molecule has 1 aromatic heterocycles. The van der Waals surface area contributed by atoms with E-state index in [1.807, 2.05) is 6.07 Å². The molecule has 3 rings (SSSR count). The molecule has 1 heterocycles. The van der Waals surface area contributed by atoms with E-state index in [4.69, 9.17) is 41.8 Å². The summed E-state index contributed by atoms with van der Waals surface area (Å²) in [5, 5.41) is 3.53. The molecule has 0 unspecified atom stereocenters. The van der Waals surface area contributed by atoms with Gasteiger partial charge in [-0.05, 0) is 42.0 Å². The van der Waals surface area contributed by atoms with Crippen molar-refractivity contribution in [1.29, 1.82) is 0 Å². The van der Waals surface area contributed by atoms with Crippen LogP contribution in [0.25, 0.3) is 0 Å². The predicted molar refractivity (Wildman–Crippen MR) is 110 cm³/mol. The maximum Gasteiger partial charge on any atom is 0.287 e. The molecule has 29 heavy (non-hydrogen) atoms. The highest BCUT2D eigenvalue weighted by molar-refractivity contribution is 6.42. The predicted octanol–water partition coefficient (Wildman–Crippen LogP) is 5.11. The molecule has 1 amide bonds. The molecule has 2 aromatic carbocycles. The average Bonchev–Trinajstić information content (AvgIpc) is 3.22. The Morgan fingerprint density at radius 3 is 2.55 bits per heavy atom. The van der Waals surface area contributed by atoms with Crippen LogP contribution in [0.4, 0.5) is 0 Å². The van der Waals surface area contributed by atoms with E-state index < -0.39 is 0 Å². The Labute approximate surface area is 178 Å². The monoisotopic (exact) mass is 435 g/mol. The molecule has 0 saturated heterocycles. The lowest BCUT2D eigenvalue weighted by Crippen LogP contribution is -2.22. The van der Waals surface area contributed by atoms with E-state index in [0.717, 1.165) is 5.56 Å². The number of amides is 1. The normalized spacial score (nSPS) is 10.5. The van der Waals surface area contributed by atoms with E-state index in [1.165, 1.54) is 0 Å². The summed E-state index contributed by atoms with van der Waals surface area (Å²) in [6.07, 6.45) is 0. The van der Waals surface area contributed by atoms with Crippen LogP contribution in [0.1, 0.15) is 21.9 Å². The minimum atomic E-state index is -0.341. The highest BCUT2D eigenvalue weighted by atomic mass is 35.5. The molecule has 0 bridgehead atoms. The van der Waals surface area contributed by atoms with E-state index in [-0.39, 0.29) is 18.3 Å². The second-order valence-corrected chi connectivity index (χ2v) is 6.76. The maximum atomic E-state index is 12.3. The first kappa shape index (κ1) is 20.9. The quantitative estimate of drug-likeness (QED) is 0.531. The Bertz CT molecular complexity index is 1000. The van der Waals surface area contributed by atoms with Crippen molar-refractivity contribution in [3.8, 4) is 17.2 Å². The van der Waals surface area contributed by atoms with Crippen molar-refractivity contribution in [3.05, 3.63) is 75.7 Å². The van der Waals surface area contributed by atoms with Crippen molar-refractivity contribution in [3.63, 3.8) is 0 Å². The van der Waals surface area contributed by atoms with Crippen LogP contribution in [0.3, 0.4) is 0 Å². The minimum absolute atomic E-state index is 0.114. The highest BCUT2D eigenvalue weighted by Gasteiger charge is 2.13. The second-order valence-electron chi connectivity index (χ2n) is 5.98. The summed E-state index contributed by atoms with van der Waals surface area (Å²) in [5.41, 5.74) is 0.863. The minimum Gasteiger partial charge on any atom is -0.493 e. The molecule has 3 aromatic rings. The van der Waals surface area contributed by atoms with E-state index in [1.54, 1.807) is 56.7 Å². The molecule has 0 radical (unpaired) electrons. The molecular weight excluding hydrogens is 417 g/mol. The molecule has 0 atom stereocenters. The Kier molecular flexibility index (Phi) is 6.90. The fraction of sp³-hybridized carbons (Fsp3) is 0.190. The van der Waals surface area contributed by atoms with Crippen LogP contribution < -0.4 is 19.5 Å². The van der Waals surface area contributed by atoms with Gasteiger partial charge in [0.05, 0.1) is 19.2 Å². The number of furan rings is 1. The summed E-state index contributed by atoms with van der Waals surface area (Å²) in [6.45, 7) is 0.423. The lowest BCUT2D eigenvalue weighted by molar-refractivity contribution is 0.0919. The number of methoxy groups -OCH3 is 2. The number of carbonyl (C=O) groups excluding carboxylic acids is 1. The SMILES string of the molecule is COc1ccc(CNC(=O)c2ccc(COc3cccc(Cl)c3Cl)o2)cc1OC. The lowest BCUT2D eigenvalue weighted by Gasteiger charge is -2.10. The lowest BCUT2D eigenvalue weighted by atomic mass is 10.2. The van der Waals surface area contributed by atoms with Crippen molar-refractivity contribution in [2.45, 2.75) is 13.2 Å². The molecule has 0 aliphatic carbocycles. The van der Waals surface area contributed by atoms with Crippen LogP contribution in [0.15, 0.2) is 52.9 Å². The van der Waals surface area contributed by atoms with E-state index in [0.29, 0.717) is 39.6 Å². The van der Waals surface area contributed by atoms with Crippen molar-refractivity contribution < 1.29 is 23.4 Å². The number of hydrogen-bond acceptors (Lipinski definition) is 5. The standard InChI is InChI=1S/C21H19Cl2NO5/c1-26-16-8-6-13(10-19(16)27-2)11-24-21(25)18-9-7-14(29-18)12-28-17-5-3-4-15(22)20(17)23/h3-10H,11-12H2,1-2H3,(H,24,25). The summed E-state index contributed by atoms with van der Waals surface area (Å²) in [5.74, 6) is 1.98. The number of nitrogens with one attached hydrogen (secondary N) is 1. The van der Waals surface area contributed by atoms with E-state index >= 15 is 0 Å². The largest absolute Gasteiger partial charge is 0.493 e. The zero-order chi connectivity index (χ0) is 20.8. The zero-order valence-electron chi connectivity index (χ0n) is 15.8. The van der Waals surface area contributed by atoms with Gasteiger partial charge in [-0.15, -0.1) is 0 Å². The van der Waals surface area contributed by atoms with Gasteiger partial charge in [-0.3, -0.25) is 4.79 Å². The molecule has 8 heteroatoms. The molecule has 152 valence electrons. The number of carbonyl (C=O) groups is 1. The number of rotatable bonds is 8. The number of benzene rings is 2. The summed E-state index contributed by atoms with van der Waals surface area (Å²) >= 11 is 12.0. The van der Waals surface area contributed by atoms with Gasteiger partial charge < -0.3 is 23.9 Å². The van der Waals surface area contributed by atoms with E-state index in [9.17, 15) is 4.79 Å². The molecule has 6 nitrogen and oxygen atoms in total. The summed E-state index contributed by atoms with van der Waals surface area (Å²) < 4.78 is 21.6. The van der Waals surface area contributed by atoms with Crippen LogP contribution in [0, 0.1) is 0 Å². The van der Waals surface area contributed by atoms with Gasteiger partial charge in [0.15, 0.2) is 17.3 Å². The van der Waals surface area contributed by atoms with Gasteiger partial charge in [0, 0.05) is 6.54 Å². The van der Waals surface area contributed by atoms with Gasteiger partial charge in [-0.25, -0.2) is 0 Å². The summed E-state index contributed by atoms with van der Waals surface area (Å²) in [6, 6.07) is 13.8. The summed E-state index contributed by atoms with van der Waals surface area (Å²) in [7, 11) is 3.13. The molecular formula is C21H19Cl2NO5. The Morgan fingerprint density at radius 2 is 1.79 bits per heavy atom. The molecule has 0 saturated carbocycles. The van der Waals surface area contributed by atoms with Crippen molar-refractivity contribution in [2.24, 2.45) is 0 Å². The molecule has 0 spiro atoms. The van der Waals surface area contributed by atoms with Gasteiger partial charge in [-0.1, -0.05) is 35.3 Å². The Hall–Kier alpha value is -2.83. The van der Waals surface area contributed by atoms with Gasteiger partial charge in [-0.2, -0.15) is 0 Å². The topological polar surface area (TPSA) is 69.9 Å². The van der Waals surface area contributed by atoms with Crippen LogP contribution >= 0.6 is 23.2 Å². The third kappa shape index (κ3) is 5.16. The fourth-order valence-corrected chi connectivity index (χ4v) is 2.93. The third-order valence-corrected chi connectivity index (χ3v) is 4.87. The van der Waals surface area contributed by atoms with Crippen LogP contribution in [-0.2, 0) is 13.2 Å². The maximum absolute atomic E-state index is 12.3. The first-order valence-electron chi connectivity index (χ1n) is 8.66. The molecule has 1 N–H and O–H groups in total. The van der Waals surface area contributed by atoms with Crippen molar-refractivity contribution >= 4 is 29.1 Å². The Morgan fingerprint density at radius 1 is 1.00 bits per heavy atom.